The summed E-state index contributed by atoms with van der Waals surface area (Å²) < 4.78 is 0. The zero-order valence-corrected chi connectivity index (χ0v) is 55.8. The summed E-state index contributed by atoms with van der Waals surface area (Å²) in [5.41, 5.74) is 25.8. The lowest BCUT2D eigenvalue weighted by Gasteiger charge is -2.13. The molecule has 18 aromatic rings. The number of aromatic nitrogens is 10. The van der Waals surface area contributed by atoms with Crippen LogP contribution < -0.4 is 0 Å². The molecule has 0 fully saturated rings. The molecule has 0 N–H and O–H groups in total. The van der Waals surface area contributed by atoms with E-state index in [2.05, 4.69) is 248 Å². The van der Waals surface area contributed by atoms with Crippen molar-refractivity contribution in [3.8, 4) is 135 Å². The second kappa shape index (κ2) is 27.3. The Balaban J connectivity index is 0.000000152. The highest BCUT2D eigenvalue weighted by Gasteiger charge is 2.19. The summed E-state index contributed by atoms with van der Waals surface area (Å²) >= 11 is 0. The van der Waals surface area contributed by atoms with Crippen LogP contribution in [0.25, 0.3) is 179 Å². The van der Waals surface area contributed by atoms with Gasteiger partial charge in [0.05, 0.1) is 44.8 Å². The minimum atomic E-state index is 0.610. The lowest BCUT2D eigenvalue weighted by atomic mass is 9.96. The van der Waals surface area contributed by atoms with E-state index in [1.807, 2.05) is 105 Å². The smallest absolute Gasteiger partial charge is 0.164 e. The Morgan fingerprint density at radius 3 is 0.892 bits per heavy atom. The molecule has 0 saturated carbocycles. The summed E-state index contributed by atoms with van der Waals surface area (Å²) in [7, 11) is 0. The molecule has 10 heteroatoms. The molecular formula is C92H62N10. The molecule has 0 saturated heterocycles. The topological polar surface area (TPSA) is 129 Å². The van der Waals surface area contributed by atoms with E-state index in [1.54, 1.807) is 6.20 Å². The molecule has 102 heavy (non-hydrogen) atoms. The van der Waals surface area contributed by atoms with Crippen molar-refractivity contribution in [3.63, 3.8) is 0 Å². The fraction of sp³-hybridized carbons (Fsp3) is 0.0217. The van der Waals surface area contributed by atoms with E-state index in [9.17, 15) is 0 Å². The van der Waals surface area contributed by atoms with Crippen molar-refractivity contribution >= 4 is 43.6 Å². The largest absolute Gasteiger partial charge is 0.264 e. The summed E-state index contributed by atoms with van der Waals surface area (Å²) in [6.45, 7) is 4.04. The molecule has 0 unspecified atom stereocenters. The van der Waals surface area contributed by atoms with Crippen molar-refractivity contribution in [1.29, 1.82) is 0 Å². The third kappa shape index (κ3) is 12.7. The van der Waals surface area contributed by atoms with Gasteiger partial charge in [0.25, 0.3) is 0 Å². The van der Waals surface area contributed by atoms with E-state index in [-0.39, 0.29) is 0 Å². The summed E-state index contributed by atoms with van der Waals surface area (Å²) in [5.74, 6) is 2.54. The predicted molar refractivity (Wildman–Crippen MR) is 416 cm³/mol. The second-order valence-corrected chi connectivity index (χ2v) is 25.2. The molecule has 0 radical (unpaired) electrons. The molecular weight excluding hydrogens is 1250 g/mol. The van der Waals surface area contributed by atoms with Crippen molar-refractivity contribution in [2.75, 3.05) is 0 Å². The van der Waals surface area contributed by atoms with Crippen molar-refractivity contribution in [1.82, 2.24) is 49.8 Å². The van der Waals surface area contributed by atoms with E-state index < -0.39 is 0 Å². The maximum atomic E-state index is 5.18. The SMILES string of the molecule is Cc1ccc2ccc3c(-c4ccc(-c5nc(-c6ccccc6)cc(-c6ccc(-c7ccccc7)cc6)n5)cc4)cc(-c4ccccc4)nc3c2n1.Cc1ccc2ccc3c(-c4ccc(-c5nc(-c6ccccc6)nc(-c6ccc(-c7ccccc7)cc6)n5)cc4)cc(-c4cccnc4)nc3c2n1. The van der Waals surface area contributed by atoms with Crippen LogP contribution in [0.5, 0.6) is 0 Å². The number of aryl methyl sites for hydroxylation is 2. The average Bonchev–Trinajstić information content (AvgIpc) is 0.772. The Morgan fingerprint density at radius 2 is 0.490 bits per heavy atom. The van der Waals surface area contributed by atoms with Crippen molar-refractivity contribution in [2.24, 2.45) is 0 Å². The van der Waals surface area contributed by atoms with Crippen molar-refractivity contribution in [2.45, 2.75) is 13.8 Å². The molecule has 0 spiro atoms. The van der Waals surface area contributed by atoms with Gasteiger partial charge >= 0.3 is 0 Å². The standard InChI is InChI=1S/C47H32N4.C45H30N6/c1-31-17-18-38-27-28-40-41(29-42(35-13-7-3-8-14-35)49-46(40)45(38)48-31)34-21-25-39(26-22-34)47-50-43(36-15-9-4-10-16-36)30-44(51-47)37-23-19-33(20-24-37)32-11-5-2-6-12-32;1-29-14-15-33-24-25-38-39(27-40(37-13-8-26-46-28-37)48-42(38)41(33)47-29)32-18-22-36(23-19-32)45-50-43(34-11-6-3-7-12-34)49-44(51-45)35-20-16-31(17-21-35)30-9-4-2-5-10-30/h2-30H,1H3;2-28H,1H3. The quantitative estimate of drug-likeness (QED) is 0.109. The minimum absolute atomic E-state index is 0.610. The summed E-state index contributed by atoms with van der Waals surface area (Å²) in [4.78, 5) is 49.6. The highest BCUT2D eigenvalue weighted by molar-refractivity contribution is 6.11. The minimum Gasteiger partial charge on any atom is -0.264 e. The Kier molecular flexibility index (Phi) is 16.6. The number of pyridine rings is 5. The Morgan fingerprint density at radius 1 is 0.196 bits per heavy atom. The third-order valence-electron chi connectivity index (χ3n) is 18.5. The molecule has 0 aliphatic rings. The molecule has 0 atom stereocenters. The van der Waals surface area contributed by atoms with E-state index in [1.165, 1.54) is 16.7 Å². The summed E-state index contributed by atoms with van der Waals surface area (Å²) in [6.07, 6.45) is 3.63. The van der Waals surface area contributed by atoms with Crippen LogP contribution in [-0.4, -0.2) is 49.8 Å². The van der Waals surface area contributed by atoms with Crippen LogP contribution in [-0.2, 0) is 0 Å². The fourth-order valence-electron chi connectivity index (χ4n) is 13.2. The first-order chi connectivity index (χ1) is 50.3. The first-order valence-electron chi connectivity index (χ1n) is 34.0. The van der Waals surface area contributed by atoms with Gasteiger partial charge in [0.2, 0.25) is 0 Å². The molecule has 7 aromatic heterocycles. The molecule has 7 heterocycles. The maximum absolute atomic E-state index is 5.18. The highest BCUT2D eigenvalue weighted by Crippen LogP contribution is 2.40. The van der Waals surface area contributed by atoms with Crippen LogP contribution in [0.2, 0.25) is 0 Å². The Bertz CT molecular complexity index is 5690. The molecule has 11 aromatic carbocycles. The van der Waals surface area contributed by atoms with Crippen LogP contribution in [0, 0.1) is 13.8 Å². The molecule has 10 nitrogen and oxygen atoms in total. The normalized spacial score (nSPS) is 11.2. The van der Waals surface area contributed by atoms with E-state index >= 15 is 0 Å². The second-order valence-electron chi connectivity index (χ2n) is 25.2. The monoisotopic (exact) mass is 1310 g/mol. The van der Waals surface area contributed by atoms with Gasteiger partial charge in [-0.25, -0.2) is 34.9 Å². The first kappa shape index (κ1) is 61.9. The number of hydrogen-bond donors (Lipinski definition) is 0. The number of fused-ring (bicyclic) bond motifs is 6. The van der Waals surface area contributed by atoms with Gasteiger partial charge in [-0.05, 0) is 101 Å². The van der Waals surface area contributed by atoms with Gasteiger partial charge in [-0.2, -0.15) is 0 Å². The number of benzene rings is 11. The summed E-state index contributed by atoms with van der Waals surface area (Å²) in [5, 5.41) is 4.23. The number of nitrogens with zero attached hydrogens (tertiary/aromatic N) is 10. The summed E-state index contributed by atoms with van der Waals surface area (Å²) in [6, 6.07) is 113. The average molecular weight is 1310 g/mol. The van der Waals surface area contributed by atoms with Gasteiger partial charge < -0.3 is 0 Å². The van der Waals surface area contributed by atoms with Crippen LogP contribution in [0.4, 0.5) is 0 Å². The van der Waals surface area contributed by atoms with E-state index in [4.69, 9.17) is 44.9 Å². The van der Waals surface area contributed by atoms with Crippen LogP contribution in [0.1, 0.15) is 11.4 Å². The zero-order valence-electron chi connectivity index (χ0n) is 55.8. The molecule has 0 amide bonds. The highest BCUT2D eigenvalue weighted by atomic mass is 15.0. The molecule has 18 rings (SSSR count). The Hall–Kier alpha value is -13.7. The van der Waals surface area contributed by atoms with Gasteiger partial charge in [-0.15, -0.1) is 0 Å². The lowest BCUT2D eigenvalue weighted by molar-refractivity contribution is 1.07. The Labute approximate surface area is 590 Å². The lowest BCUT2D eigenvalue weighted by Crippen LogP contribution is -2.00. The van der Waals surface area contributed by atoms with Gasteiger partial charge in [-0.1, -0.05) is 285 Å². The number of rotatable bonds is 12. The van der Waals surface area contributed by atoms with E-state index in [0.717, 1.165) is 150 Å². The van der Waals surface area contributed by atoms with Gasteiger partial charge in [0, 0.05) is 89.8 Å². The van der Waals surface area contributed by atoms with Crippen molar-refractivity contribution < 1.29 is 0 Å². The van der Waals surface area contributed by atoms with Gasteiger partial charge in [-0.3, -0.25) is 15.0 Å². The number of hydrogen-bond acceptors (Lipinski definition) is 10. The van der Waals surface area contributed by atoms with Crippen LogP contribution >= 0.6 is 0 Å². The molecule has 480 valence electrons. The molecule has 0 bridgehead atoms. The van der Waals surface area contributed by atoms with Gasteiger partial charge in [0.15, 0.2) is 23.3 Å². The predicted octanol–water partition coefficient (Wildman–Crippen LogP) is 22.6. The third-order valence-corrected chi connectivity index (χ3v) is 18.5. The molecule has 0 aliphatic carbocycles. The van der Waals surface area contributed by atoms with Gasteiger partial charge in [0.1, 0.15) is 0 Å². The van der Waals surface area contributed by atoms with Crippen LogP contribution in [0.15, 0.2) is 340 Å². The first-order valence-corrected chi connectivity index (χ1v) is 34.0. The van der Waals surface area contributed by atoms with Crippen LogP contribution in [0.3, 0.4) is 0 Å². The van der Waals surface area contributed by atoms with E-state index in [0.29, 0.717) is 23.3 Å². The fourth-order valence-corrected chi connectivity index (χ4v) is 13.2. The zero-order chi connectivity index (χ0) is 68.3. The maximum Gasteiger partial charge on any atom is 0.164 e. The van der Waals surface area contributed by atoms with Crippen molar-refractivity contribution in [3.05, 3.63) is 351 Å². The molecule has 0 aliphatic heterocycles.